The van der Waals surface area contributed by atoms with E-state index in [0.29, 0.717) is 5.56 Å². The Balaban J connectivity index is 1.16. The fourth-order valence-corrected chi connectivity index (χ4v) is 13.8. The van der Waals surface area contributed by atoms with Crippen molar-refractivity contribution < 1.29 is 11.3 Å². The molecule has 0 aliphatic carbocycles. The third-order valence-corrected chi connectivity index (χ3v) is 16.4. The van der Waals surface area contributed by atoms with E-state index < -0.39 is 14.1 Å². The fourth-order valence-electron chi connectivity index (χ4n) is 8.99. The molecule has 0 N–H and O–H groups in total. The monoisotopic (exact) mass is 774 g/mol. The quantitative estimate of drug-likeness (QED) is 0.113. The highest BCUT2D eigenvalue weighted by atomic mass is 28.3. The zero-order valence-electron chi connectivity index (χ0n) is 37.0. The van der Waals surface area contributed by atoms with E-state index in [1.165, 1.54) is 20.7 Å². The van der Waals surface area contributed by atoms with Crippen molar-refractivity contribution in [3.8, 4) is 11.1 Å². The van der Waals surface area contributed by atoms with Crippen LogP contribution in [0, 0.1) is 0 Å². The molecule has 0 aliphatic heterocycles. The van der Waals surface area contributed by atoms with Gasteiger partial charge in [0.05, 0.1) is 12.5 Å². The van der Waals surface area contributed by atoms with E-state index in [2.05, 4.69) is 169 Å². The van der Waals surface area contributed by atoms with Crippen molar-refractivity contribution in [2.75, 3.05) is 4.90 Å². The molecule has 278 valence electrons. The molecule has 0 atom stereocenters. The van der Waals surface area contributed by atoms with Crippen molar-refractivity contribution in [2.45, 2.75) is 0 Å². The summed E-state index contributed by atoms with van der Waals surface area (Å²) in [6.07, 6.45) is 0. The molecule has 3 heteroatoms. The Labute approximate surface area is 351 Å². The minimum atomic E-state index is -2.83. The molecule has 0 amide bonds. The van der Waals surface area contributed by atoms with Crippen LogP contribution in [-0.4, -0.2) is 8.07 Å². The van der Waals surface area contributed by atoms with E-state index >= 15 is 0 Å². The SMILES string of the molecule is [2H]c1c([2H])c([2H])c(-c2ccc(N(c3ccc4ccc([Si](c5ccccc5)(c5ccccc5)c5ccccc5)cc4c3)c3cccc4ccc5c6ccccc6oc5c34)cc2)c([2H])c1[2H]. The second kappa shape index (κ2) is 14.5. The maximum absolute atomic E-state index is 8.71. The largest absolute Gasteiger partial charge is 0.455 e. The van der Waals surface area contributed by atoms with Crippen molar-refractivity contribution in [3.63, 3.8) is 0 Å². The predicted octanol–water partition coefficient (Wildman–Crippen LogP) is 12.4. The Morgan fingerprint density at radius 3 is 1.71 bits per heavy atom. The number of para-hydroxylation sites is 1. The fraction of sp³-hybridized carbons (Fsp3) is 0. The van der Waals surface area contributed by atoms with E-state index in [-0.39, 0.29) is 29.7 Å². The average Bonchev–Trinajstić information content (AvgIpc) is 3.74. The topological polar surface area (TPSA) is 16.4 Å². The van der Waals surface area contributed by atoms with Crippen molar-refractivity contribution in [1.82, 2.24) is 0 Å². The summed E-state index contributed by atoms with van der Waals surface area (Å²) < 4.78 is 49.0. The molecule has 1 heterocycles. The molecular formula is C56H39NOSi. The van der Waals surface area contributed by atoms with Gasteiger partial charge in [-0.05, 0) is 90.5 Å². The first-order valence-corrected chi connectivity index (χ1v) is 21.8. The van der Waals surface area contributed by atoms with Crippen LogP contribution >= 0.6 is 0 Å². The van der Waals surface area contributed by atoms with Gasteiger partial charge in [0.2, 0.25) is 0 Å². The molecule has 0 saturated carbocycles. The van der Waals surface area contributed by atoms with Crippen LogP contribution in [0.4, 0.5) is 17.1 Å². The van der Waals surface area contributed by atoms with Crippen molar-refractivity contribution in [2.24, 2.45) is 0 Å². The number of benzene rings is 10. The van der Waals surface area contributed by atoms with Gasteiger partial charge in [0.15, 0.2) is 8.07 Å². The molecule has 0 fully saturated rings. The first-order chi connectivity index (χ1) is 31.3. The van der Waals surface area contributed by atoms with E-state index in [4.69, 9.17) is 11.3 Å². The number of hydrogen-bond donors (Lipinski definition) is 0. The second-order valence-corrected chi connectivity index (χ2v) is 18.7. The lowest BCUT2D eigenvalue weighted by Gasteiger charge is -2.34. The standard InChI is InChI=1S/C56H39NOSi/c1-5-16-40(17-6-1)41-28-33-45(34-29-41)57(53-26-15-18-43-32-37-52-51-25-13-14-27-54(51)58-56(52)55(43)53)46-35-30-42-31-36-50(39-44(42)38-46)59(47-19-7-2-8-20-47,48-21-9-3-10-22-48)49-23-11-4-12-24-49/h1-39H/i1D,5D,6D,16D,17D. The highest BCUT2D eigenvalue weighted by Crippen LogP contribution is 2.44. The molecule has 2 nitrogen and oxygen atoms in total. The summed E-state index contributed by atoms with van der Waals surface area (Å²) in [6.45, 7) is 0. The van der Waals surface area contributed by atoms with Gasteiger partial charge in [0.25, 0.3) is 0 Å². The van der Waals surface area contributed by atoms with Crippen LogP contribution in [0.1, 0.15) is 6.85 Å². The van der Waals surface area contributed by atoms with Gasteiger partial charge in [-0.25, -0.2) is 0 Å². The summed E-state index contributed by atoms with van der Waals surface area (Å²) in [6, 6.07) is 71.1. The van der Waals surface area contributed by atoms with Crippen LogP contribution in [0.2, 0.25) is 0 Å². The lowest BCUT2D eigenvalue weighted by atomic mass is 10.0. The molecular weight excluding hydrogens is 731 g/mol. The van der Waals surface area contributed by atoms with E-state index in [0.717, 1.165) is 60.5 Å². The zero-order chi connectivity index (χ0) is 43.5. The molecule has 0 radical (unpaired) electrons. The summed E-state index contributed by atoms with van der Waals surface area (Å²) in [5, 5.41) is 11.4. The first kappa shape index (κ1) is 29.7. The van der Waals surface area contributed by atoms with Crippen molar-refractivity contribution in [1.29, 1.82) is 0 Å². The molecule has 11 aromatic rings. The average molecular weight is 775 g/mol. The molecule has 59 heavy (non-hydrogen) atoms. The van der Waals surface area contributed by atoms with E-state index in [1.54, 1.807) is 0 Å². The minimum absolute atomic E-state index is 0.166. The number of nitrogens with zero attached hydrogens (tertiary/aromatic N) is 1. The summed E-state index contributed by atoms with van der Waals surface area (Å²) in [5.41, 5.74) is 4.97. The van der Waals surface area contributed by atoms with Crippen LogP contribution in [0.15, 0.2) is 241 Å². The highest BCUT2D eigenvalue weighted by molar-refractivity contribution is 7.20. The summed E-state index contributed by atoms with van der Waals surface area (Å²) in [4.78, 5) is 2.24. The molecule has 1 aromatic heterocycles. The van der Waals surface area contributed by atoms with Gasteiger partial charge in [0.1, 0.15) is 11.2 Å². The van der Waals surface area contributed by atoms with Crippen LogP contribution in [0.25, 0.3) is 54.6 Å². The third kappa shape index (κ3) is 5.86. The van der Waals surface area contributed by atoms with Crippen LogP contribution in [0.3, 0.4) is 0 Å². The Morgan fingerprint density at radius 1 is 0.407 bits per heavy atom. The van der Waals surface area contributed by atoms with Crippen molar-refractivity contribution >= 4 is 89.4 Å². The van der Waals surface area contributed by atoms with Gasteiger partial charge in [-0.3, -0.25) is 0 Å². The molecule has 0 bridgehead atoms. The zero-order valence-corrected chi connectivity index (χ0v) is 33.0. The Morgan fingerprint density at radius 2 is 1.02 bits per heavy atom. The van der Waals surface area contributed by atoms with Crippen LogP contribution in [0.5, 0.6) is 0 Å². The lowest BCUT2D eigenvalue weighted by Crippen LogP contribution is -2.74. The van der Waals surface area contributed by atoms with Gasteiger partial charge in [-0.2, -0.15) is 0 Å². The molecule has 11 rings (SSSR count). The normalized spacial score (nSPS) is 12.9. The predicted molar refractivity (Wildman–Crippen MR) is 252 cm³/mol. The van der Waals surface area contributed by atoms with Crippen LogP contribution in [-0.2, 0) is 0 Å². The third-order valence-electron chi connectivity index (χ3n) is 11.7. The minimum Gasteiger partial charge on any atom is -0.455 e. The summed E-state index contributed by atoms with van der Waals surface area (Å²) >= 11 is 0. The van der Waals surface area contributed by atoms with Gasteiger partial charge >= 0.3 is 0 Å². The second-order valence-electron chi connectivity index (χ2n) is 14.9. The van der Waals surface area contributed by atoms with Gasteiger partial charge < -0.3 is 9.32 Å². The number of hydrogen-bond acceptors (Lipinski definition) is 2. The summed E-state index contributed by atoms with van der Waals surface area (Å²) in [7, 11) is -2.83. The molecule has 0 unspecified atom stereocenters. The van der Waals surface area contributed by atoms with E-state index in [9.17, 15) is 0 Å². The number of rotatable bonds is 8. The maximum Gasteiger partial charge on any atom is 0.179 e. The number of fused-ring (bicyclic) bond motifs is 6. The molecule has 0 saturated heterocycles. The van der Waals surface area contributed by atoms with Gasteiger partial charge in [0, 0.05) is 27.5 Å². The number of furan rings is 1. The highest BCUT2D eigenvalue weighted by Gasteiger charge is 2.41. The maximum atomic E-state index is 8.71. The van der Waals surface area contributed by atoms with Crippen LogP contribution < -0.4 is 25.6 Å². The Kier molecular flexibility index (Phi) is 7.30. The van der Waals surface area contributed by atoms with E-state index in [1.807, 2.05) is 42.5 Å². The molecule has 10 aromatic carbocycles. The van der Waals surface area contributed by atoms with Gasteiger partial charge in [-0.1, -0.05) is 194 Å². The van der Waals surface area contributed by atoms with Crippen molar-refractivity contribution in [3.05, 3.63) is 236 Å². The summed E-state index contributed by atoms with van der Waals surface area (Å²) in [5.74, 6) is 0. The number of anilines is 3. The van der Waals surface area contributed by atoms with Gasteiger partial charge in [-0.15, -0.1) is 0 Å². The lowest BCUT2D eigenvalue weighted by molar-refractivity contribution is 0.672. The molecule has 0 aliphatic rings. The Bertz CT molecular complexity index is 3440. The molecule has 0 spiro atoms. The Hall–Kier alpha value is -7.46. The smallest absolute Gasteiger partial charge is 0.179 e. The first-order valence-electron chi connectivity index (χ1n) is 22.3.